The van der Waals surface area contributed by atoms with Crippen molar-refractivity contribution in [3.05, 3.63) is 70.9 Å². The van der Waals surface area contributed by atoms with Gasteiger partial charge in [-0.05, 0) is 57.4 Å². The van der Waals surface area contributed by atoms with Crippen molar-refractivity contribution >= 4 is 29.0 Å². The SMILES string of the molecule is Cc1nc(-c2ccccc2)nc(N2CCCCC2C(=O)N(C)c2ccc(Cl)cc2)c1C. The van der Waals surface area contributed by atoms with Crippen LogP contribution < -0.4 is 9.80 Å². The summed E-state index contributed by atoms with van der Waals surface area (Å²) in [6.45, 7) is 4.85. The third kappa shape index (κ3) is 4.42. The Kier molecular flexibility index (Phi) is 6.23. The zero-order valence-electron chi connectivity index (χ0n) is 18.2. The minimum Gasteiger partial charge on any atom is -0.344 e. The molecule has 3 aromatic rings. The Bertz CT molecular complexity index is 1070. The summed E-state index contributed by atoms with van der Waals surface area (Å²) in [5, 5.41) is 0.657. The van der Waals surface area contributed by atoms with E-state index >= 15 is 0 Å². The van der Waals surface area contributed by atoms with E-state index in [1.807, 2.05) is 75.5 Å². The number of amides is 1. The molecule has 1 unspecified atom stereocenters. The van der Waals surface area contributed by atoms with Crippen LogP contribution in [0, 0.1) is 13.8 Å². The third-order valence-corrected chi connectivity index (χ3v) is 6.25. The predicted molar refractivity (Wildman–Crippen MR) is 127 cm³/mol. The van der Waals surface area contributed by atoms with E-state index in [1.165, 1.54) is 0 Å². The number of carbonyl (C=O) groups is 1. The topological polar surface area (TPSA) is 49.3 Å². The molecule has 5 nitrogen and oxygen atoms in total. The highest BCUT2D eigenvalue weighted by Crippen LogP contribution is 2.31. The number of carbonyl (C=O) groups excluding carboxylic acids is 1. The number of anilines is 2. The molecule has 1 amide bonds. The average molecular weight is 435 g/mol. The molecule has 1 saturated heterocycles. The van der Waals surface area contributed by atoms with Crippen LogP contribution in [0.4, 0.5) is 11.5 Å². The van der Waals surface area contributed by atoms with Crippen LogP contribution in [-0.2, 0) is 4.79 Å². The van der Waals surface area contributed by atoms with Crippen LogP contribution >= 0.6 is 11.6 Å². The lowest BCUT2D eigenvalue weighted by Gasteiger charge is -2.38. The van der Waals surface area contributed by atoms with Crippen molar-refractivity contribution in [2.24, 2.45) is 0 Å². The van der Waals surface area contributed by atoms with Crippen LogP contribution in [0.5, 0.6) is 0 Å². The number of likely N-dealkylation sites (N-methyl/N-ethyl adjacent to an activating group) is 1. The fourth-order valence-electron chi connectivity index (χ4n) is 4.07. The number of hydrogen-bond acceptors (Lipinski definition) is 4. The van der Waals surface area contributed by atoms with Gasteiger partial charge in [-0.2, -0.15) is 0 Å². The molecule has 6 heteroatoms. The van der Waals surface area contributed by atoms with Crippen LogP contribution in [0.3, 0.4) is 0 Å². The predicted octanol–water partition coefficient (Wildman–Crippen LogP) is 5.44. The molecular formula is C25H27ClN4O. The molecule has 0 saturated carbocycles. The van der Waals surface area contributed by atoms with Gasteiger partial charge in [0.25, 0.3) is 0 Å². The number of nitrogens with zero attached hydrogens (tertiary/aromatic N) is 4. The standard InChI is InChI=1S/C25H27ClN4O/c1-17-18(2)27-23(19-9-5-4-6-10-19)28-24(17)30-16-8-7-11-22(30)25(31)29(3)21-14-12-20(26)13-15-21/h4-6,9-10,12-15,22H,7-8,11,16H2,1-3H3. The Balaban J connectivity index is 1.69. The van der Waals surface area contributed by atoms with Crippen molar-refractivity contribution in [1.29, 1.82) is 0 Å². The summed E-state index contributed by atoms with van der Waals surface area (Å²) in [5.74, 6) is 1.62. The van der Waals surface area contributed by atoms with Gasteiger partial charge in [-0.15, -0.1) is 0 Å². The molecule has 1 aliphatic heterocycles. The lowest BCUT2D eigenvalue weighted by atomic mass is 9.99. The minimum absolute atomic E-state index is 0.0685. The van der Waals surface area contributed by atoms with Gasteiger partial charge in [-0.3, -0.25) is 4.79 Å². The zero-order chi connectivity index (χ0) is 22.0. The quantitative estimate of drug-likeness (QED) is 0.549. The Morgan fingerprint density at radius 3 is 2.45 bits per heavy atom. The first-order valence-electron chi connectivity index (χ1n) is 10.7. The highest BCUT2D eigenvalue weighted by molar-refractivity contribution is 6.30. The highest BCUT2D eigenvalue weighted by atomic mass is 35.5. The number of aromatic nitrogens is 2. The van der Waals surface area contributed by atoms with Gasteiger partial charge in [-0.25, -0.2) is 9.97 Å². The second-order valence-corrected chi connectivity index (χ2v) is 8.46. The number of hydrogen-bond donors (Lipinski definition) is 0. The van der Waals surface area contributed by atoms with Crippen molar-refractivity contribution in [3.8, 4) is 11.4 Å². The van der Waals surface area contributed by atoms with Crippen molar-refractivity contribution < 1.29 is 4.79 Å². The van der Waals surface area contributed by atoms with E-state index in [-0.39, 0.29) is 11.9 Å². The molecule has 31 heavy (non-hydrogen) atoms. The molecule has 0 bridgehead atoms. The molecule has 160 valence electrons. The molecule has 1 aromatic heterocycles. The average Bonchev–Trinajstić information content (AvgIpc) is 2.81. The number of piperidine rings is 1. The fraction of sp³-hybridized carbons (Fsp3) is 0.320. The van der Waals surface area contributed by atoms with E-state index in [9.17, 15) is 4.79 Å². The molecule has 0 spiro atoms. The first-order chi connectivity index (χ1) is 15.0. The molecule has 1 atom stereocenters. The van der Waals surface area contributed by atoms with Gasteiger partial charge < -0.3 is 9.80 Å². The van der Waals surface area contributed by atoms with Crippen LogP contribution in [0.1, 0.15) is 30.5 Å². The Labute approximate surface area is 188 Å². The smallest absolute Gasteiger partial charge is 0.249 e. The lowest BCUT2D eigenvalue weighted by molar-refractivity contribution is -0.120. The molecule has 2 heterocycles. The number of benzene rings is 2. The van der Waals surface area contributed by atoms with Crippen LogP contribution in [-0.4, -0.2) is 35.5 Å². The fourth-order valence-corrected chi connectivity index (χ4v) is 4.19. The zero-order valence-corrected chi connectivity index (χ0v) is 18.9. The van der Waals surface area contributed by atoms with E-state index in [4.69, 9.17) is 21.6 Å². The number of rotatable bonds is 4. The molecular weight excluding hydrogens is 408 g/mol. The molecule has 4 rings (SSSR count). The maximum Gasteiger partial charge on any atom is 0.249 e. The van der Waals surface area contributed by atoms with Crippen molar-refractivity contribution in [1.82, 2.24) is 9.97 Å². The summed E-state index contributed by atoms with van der Waals surface area (Å²) in [5.41, 5.74) is 3.77. The Hall–Kier alpha value is -2.92. The van der Waals surface area contributed by atoms with Crippen molar-refractivity contribution in [2.75, 3.05) is 23.4 Å². The van der Waals surface area contributed by atoms with Gasteiger partial charge >= 0.3 is 0 Å². The number of halogens is 1. The summed E-state index contributed by atoms with van der Waals surface area (Å²) in [4.78, 5) is 27.1. The largest absolute Gasteiger partial charge is 0.344 e. The molecule has 1 fully saturated rings. The molecule has 0 radical (unpaired) electrons. The minimum atomic E-state index is -0.258. The first-order valence-corrected chi connectivity index (χ1v) is 11.0. The second kappa shape index (κ2) is 9.06. The van der Waals surface area contributed by atoms with Gasteiger partial charge in [0.1, 0.15) is 11.9 Å². The van der Waals surface area contributed by atoms with E-state index in [2.05, 4.69) is 4.90 Å². The highest BCUT2D eigenvalue weighted by Gasteiger charge is 2.33. The van der Waals surface area contributed by atoms with E-state index < -0.39 is 0 Å². The van der Waals surface area contributed by atoms with Crippen molar-refractivity contribution in [2.45, 2.75) is 39.2 Å². The van der Waals surface area contributed by atoms with Crippen LogP contribution in [0.15, 0.2) is 54.6 Å². The van der Waals surface area contributed by atoms with E-state index in [0.717, 1.165) is 54.1 Å². The lowest BCUT2D eigenvalue weighted by Crippen LogP contribution is -2.51. The van der Waals surface area contributed by atoms with Crippen molar-refractivity contribution in [3.63, 3.8) is 0 Å². The summed E-state index contributed by atoms with van der Waals surface area (Å²) >= 11 is 6.02. The summed E-state index contributed by atoms with van der Waals surface area (Å²) < 4.78 is 0. The first kappa shape index (κ1) is 21.3. The maximum atomic E-state index is 13.5. The van der Waals surface area contributed by atoms with E-state index in [1.54, 1.807) is 4.90 Å². The Morgan fingerprint density at radius 1 is 1.03 bits per heavy atom. The van der Waals surface area contributed by atoms with Gasteiger partial charge in [0.15, 0.2) is 5.82 Å². The maximum absolute atomic E-state index is 13.5. The molecule has 0 N–H and O–H groups in total. The normalized spacial score (nSPS) is 16.3. The summed E-state index contributed by atoms with van der Waals surface area (Å²) in [7, 11) is 1.83. The summed E-state index contributed by atoms with van der Waals surface area (Å²) in [6.07, 6.45) is 2.87. The van der Waals surface area contributed by atoms with Gasteiger partial charge in [-0.1, -0.05) is 41.9 Å². The number of aryl methyl sites for hydroxylation is 1. The van der Waals surface area contributed by atoms with Gasteiger partial charge in [0, 0.05) is 41.1 Å². The van der Waals surface area contributed by atoms with E-state index in [0.29, 0.717) is 10.8 Å². The monoisotopic (exact) mass is 434 g/mol. The third-order valence-electron chi connectivity index (χ3n) is 6.00. The van der Waals surface area contributed by atoms with Gasteiger partial charge in [0.05, 0.1) is 0 Å². The van der Waals surface area contributed by atoms with Gasteiger partial charge in [0.2, 0.25) is 5.91 Å². The van der Waals surface area contributed by atoms with Crippen LogP contribution in [0.25, 0.3) is 11.4 Å². The molecule has 0 aliphatic carbocycles. The Morgan fingerprint density at radius 2 is 1.74 bits per heavy atom. The molecule has 1 aliphatic rings. The second-order valence-electron chi connectivity index (χ2n) is 8.03. The van der Waals surface area contributed by atoms with Crippen LogP contribution in [0.2, 0.25) is 5.02 Å². The molecule has 2 aromatic carbocycles. The summed E-state index contributed by atoms with van der Waals surface area (Å²) in [6, 6.07) is 17.1.